The molecule has 1 heterocycles. The molecule has 0 aromatic carbocycles. The van der Waals surface area contributed by atoms with Gasteiger partial charge in [-0.15, -0.1) is 0 Å². The molecule has 0 radical (unpaired) electrons. The molecular weight excluding hydrogens is 294 g/mol. The van der Waals surface area contributed by atoms with E-state index in [-0.39, 0.29) is 18.1 Å². The van der Waals surface area contributed by atoms with Crippen molar-refractivity contribution in [2.45, 2.75) is 65.8 Å². The fraction of sp³-hybridized carbons (Fsp3) is 0.765. The average Bonchev–Trinajstić information content (AvgIpc) is 2.77. The summed E-state index contributed by atoms with van der Waals surface area (Å²) in [5, 5.41) is 19.7. The van der Waals surface area contributed by atoms with Crippen molar-refractivity contribution in [3.8, 4) is 0 Å². The highest BCUT2D eigenvalue weighted by Crippen LogP contribution is 2.43. The highest BCUT2D eigenvalue weighted by molar-refractivity contribution is 5.90. The van der Waals surface area contributed by atoms with Gasteiger partial charge in [-0.1, -0.05) is 32.9 Å². The molecule has 0 spiro atoms. The molecule has 6 nitrogen and oxygen atoms in total. The Morgan fingerprint density at radius 1 is 1.43 bits per heavy atom. The second-order valence-electron chi connectivity index (χ2n) is 7.79. The molecule has 2 atom stereocenters. The van der Waals surface area contributed by atoms with Crippen LogP contribution in [0.25, 0.3) is 0 Å². The predicted molar refractivity (Wildman–Crippen MR) is 89.4 cm³/mol. The summed E-state index contributed by atoms with van der Waals surface area (Å²) in [5.74, 6) is 1.04. The number of carbonyl (C=O) groups excluding carboxylic acids is 1. The Morgan fingerprint density at radius 2 is 2.13 bits per heavy atom. The Labute approximate surface area is 138 Å². The molecule has 0 bridgehead atoms. The fourth-order valence-electron chi connectivity index (χ4n) is 4.20. The van der Waals surface area contributed by atoms with Gasteiger partial charge < -0.3 is 20.3 Å². The summed E-state index contributed by atoms with van der Waals surface area (Å²) in [4.78, 5) is 12.5. The molecule has 1 aromatic heterocycles. The quantitative estimate of drug-likeness (QED) is 0.794. The van der Waals surface area contributed by atoms with Crippen LogP contribution in [0.1, 0.15) is 58.4 Å². The minimum atomic E-state index is -0.581. The summed E-state index contributed by atoms with van der Waals surface area (Å²) >= 11 is 0. The third-order valence-corrected chi connectivity index (χ3v) is 4.65. The summed E-state index contributed by atoms with van der Waals surface area (Å²) in [6, 6.07) is -0.315. The second kappa shape index (κ2) is 6.51. The number of nitrogens with zero attached hydrogens (tertiary/aromatic N) is 1. The SMILES string of the molecule is CCc1noc(C)c1NC(=O)NC1(CO)CC(C)CC(C)(C)C1. The first-order chi connectivity index (χ1) is 10.7. The van der Waals surface area contributed by atoms with E-state index in [1.54, 1.807) is 6.92 Å². The van der Waals surface area contributed by atoms with Crippen LogP contribution in [0.5, 0.6) is 0 Å². The maximum atomic E-state index is 12.5. The molecule has 3 N–H and O–H groups in total. The number of carbonyl (C=O) groups is 1. The van der Waals surface area contributed by atoms with Gasteiger partial charge in [0.2, 0.25) is 0 Å². The van der Waals surface area contributed by atoms with Gasteiger partial charge in [-0.25, -0.2) is 4.79 Å². The van der Waals surface area contributed by atoms with Gasteiger partial charge in [-0.3, -0.25) is 0 Å². The van der Waals surface area contributed by atoms with Crippen LogP contribution >= 0.6 is 0 Å². The molecule has 0 saturated heterocycles. The molecule has 130 valence electrons. The Kier molecular flexibility index (Phi) is 5.04. The number of anilines is 1. The van der Waals surface area contributed by atoms with Gasteiger partial charge in [0, 0.05) is 0 Å². The topological polar surface area (TPSA) is 87.4 Å². The number of hydrogen-bond acceptors (Lipinski definition) is 4. The molecule has 0 aliphatic heterocycles. The number of aryl methyl sites for hydroxylation is 2. The standard InChI is InChI=1S/C17H29N3O3/c1-6-13-14(12(3)23-20-13)18-15(22)19-17(10-21)8-11(2)7-16(4,5)9-17/h11,21H,6-10H2,1-5H3,(H2,18,19,22). The Bertz CT molecular complexity index is 567. The van der Waals surface area contributed by atoms with Crippen molar-refractivity contribution in [3.05, 3.63) is 11.5 Å². The number of aliphatic hydroxyl groups is 1. The lowest BCUT2D eigenvalue weighted by Crippen LogP contribution is -2.58. The zero-order valence-electron chi connectivity index (χ0n) is 14.8. The van der Waals surface area contributed by atoms with Crippen molar-refractivity contribution >= 4 is 11.7 Å². The summed E-state index contributed by atoms with van der Waals surface area (Å²) in [5.41, 5.74) is 0.868. The number of nitrogens with one attached hydrogen (secondary N) is 2. The minimum absolute atomic E-state index is 0.0581. The van der Waals surface area contributed by atoms with Crippen LogP contribution in [0.15, 0.2) is 4.52 Å². The van der Waals surface area contributed by atoms with Crippen molar-refractivity contribution < 1.29 is 14.4 Å². The van der Waals surface area contributed by atoms with E-state index in [1.807, 2.05) is 6.92 Å². The summed E-state index contributed by atoms with van der Waals surface area (Å²) in [6.07, 6.45) is 3.33. The van der Waals surface area contributed by atoms with Gasteiger partial charge in [0.05, 0.1) is 12.1 Å². The van der Waals surface area contributed by atoms with Crippen LogP contribution < -0.4 is 10.6 Å². The maximum absolute atomic E-state index is 12.5. The lowest BCUT2D eigenvalue weighted by Gasteiger charge is -2.47. The van der Waals surface area contributed by atoms with E-state index in [1.165, 1.54) is 0 Å². The normalized spacial score (nSPS) is 26.8. The fourth-order valence-corrected chi connectivity index (χ4v) is 4.20. The summed E-state index contributed by atoms with van der Waals surface area (Å²) in [6.45, 7) is 10.2. The number of aliphatic hydroxyl groups excluding tert-OH is 1. The third kappa shape index (κ3) is 4.05. The largest absolute Gasteiger partial charge is 0.394 e. The van der Waals surface area contributed by atoms with Crippen molar-refractivity contribution in [2.75, 3.05) is 11.9 Å². The van der Waals surface area contributed by atoms with Crippen LogP contribution in [0.4, 0.5) is 10.5 Å². The number of urea groups is 1. The zero-order chi connectivity index (χ0) is 17.3. The lowest BCUT2D eigenvalue weighted by atomic mass is 9.64. The average molecular weight is 323 g/mol. The Hall–Kier alpha value is -1.56. The number of rotatable bonds is 4. The van der Waals surface area contributed by atoms with Crippen LogP contribution in [0.3, 0.4) is 0 Å². The molecule has 23 heavy (non-hydrogen) atoms. The van der Waals surface area contributed by atoms with Crippen LogP contribution in [-0.2, 0) is 6.42 Å². The van der Waals surface area contributed by atoms with Gasteiger partial charge >= 0.3 is 6.03 Å². The van der Waals surface area contributed by atoms with Gasteiger partial charge in [-0.05, 0) is 43.9 Å². The third-order valence-electron chi connectivity index (χ3n) is 4.65. The minimum Gasteiger partial charge on any atom is -0.394 e. The van der Waals surface area contributed by atoms with E-state index in [0.29, 0.717) is 23.8 Å². The van der Waals surface area contributed by atoms with E-state index in [9.17, 15) is 9.90 Å². The van der Waals surface area contributed by atoms with Crippen molar-refractivity contribution in [3.63, 3.8) is 0 Å². The van der Waals surface area contributed by atoms with Crippen LogP contribution in [-0.4, -0.2) is 28.4 Å². The monoisotopic (exact) mass is 323 g/mol. The van der Waals surface area contributed by atoms with E-state index in [2.05, 4.69) is 36.6 Å². The first-order valence-corrected chi connectivity index (χ1v) is 8.35. The lowest BCUT2D eigenvalue weighted by molar-refractivity contribution is 0.0445. The van der Waals surface area contributed by atoms with Crippen LogP contribution in [0.2, 0.25) is 0 Å². The first-order valence-electron chi connectivity index (χ1n) is 8.35. The van der Waals surface area contributed by atoms with Crippen molar-refractivity contribution in [2.24, 2.45) is 11.3 Å². The molecular formula is C17H29N3O3. The molecule has 1 aliphatic carbocycles. The van der Waals surface area contributed by atoms with Gasteiger partial charge in [0.15, 0.2) is 5.76 Å². The highest BCUT2D eigenvalue weighted by atomic mass is 16.5. The van der Waals surface area contributed by atoms with Gasteiger partial charge in [0.25, 0.3) is 0 Å². The smallest absolute Gasteiger partial charge is 0.319 e. The van der Waals surface area contributed by atoms with Crippen molar-refractivity contribution in [1.82, 2.24) is 10.5 Å². The summed E-state index contributed by atoms with van der Waals surface area (Å²) < 4.78 is 5.14. The molecule has 2 unspecified atom stereocenters. The van der Waals surface area contributed by atoms with E-state index >= 15 is 0 Å². The molecule has 6 heteroatoms. The molecule has 2 amide bonds. The highest BCUT2D eigenvalue weighted by Gasteiger charge is 2.43. The van der Waals surface area contributed by atoms with E-state index in [4.69, 9.17) is 4.52 Å². The predicted octanol–water partition coefficient (Wildman–Crippen LogP) is 3.24. The first kappa shape index (κ1) is 17.8. The molecule has 1 aromatic rings. The summed E-state index contributed by atoms with van der Waals surface area (Å²) in [7, 11) is 0. The number of amides is 2. The molecule has 2 rings (SSSR count). The van der Waals surface area contributed by atoms with Gasteiger partial charge in [-0.2, -0.15) is 0 Å². The Balaban J connectivity index is 2.12. The van der Waals surface area contributed by atoms with E-state index < -0.39 is 5.54 Å². The second-order valence-corrected chi connectivity index (χ2v) is 7.79. The van der Waals surface area contributed by atoms with Crippen molar-refractivity contribution in [1.29, 1.82) is 0 Å². The number of hydrogen-bond donors (Lipinski definition) is 3. The number of aromatic nitrogens is 1. The molecule has 1 saturated carbocycles. The zero-order valence-corrected chi connectivity index (χ0v) is 14.8. The van der Waals surface area contributed by atoms with E-state index in [0.717, 1.165) is 25.0 Å². The maximum Gasteiger partial charge on any atom is 0.319 e. The Morgan fingerprint density at radius 3 is 2.70 bits per heavy atom. The van der Waals surface area contributed by atoms with Crippen LogP contribution in [0, 0.1) is 18.3 Å². The molecule has 1 aliphatic rings. The van der Waals surface area contributed by atoms with Gasteiger partial charge in [0.1, 0.15) is 11.4 Å². The molecule has 1 fully saturated rings.